The van der Waals surface area contributed by atoms with Crippen molar-refractivity contribution in [3.63, 3.8) is 0 Å². The molecule has 1 aromatic carbocycles. The molecule has 12 heteroatoms. The predicted molar refractivity (Wildman–Crippen MR) is 76.5 cm³/mol. The molecule has 134 valence electrons. The summed E-state index contributed by atoms with van der Waals surface area (Å²) in [6.07, 6.45) is -3.87. The van der Waals surface area contributed by atoms with Crippen LogP contribution >= 0.6 is 0 Å². The number of benzene rings is 1. The molecule has 0 atom stereocenters. The lowest BCUT2D eigenvalue weighted by atomic mass is 10.4. The number of hydrogen-bond acceptors (Lipinski definition) is 6. The van der Waals surface area contributed by atoms with E-state index in [1.807, 2.05) is 0 Å². The Balaban J connectivity index is 0.000000381. The molecule has 0 radical (unpaired) electrons. The van der Waals surface area contributed by atoms with Gasteiger partial charge in [-0.25, -0.2) is 18.2 Å². The van der Waals surface area contributed by atoms with Gasteiger partial charge in [0.05, 0.1) is 9.82 Å². The number of alkyl halides is 3. The highest BCUT2D eigenvalue weighted by Gasteiger charge is 2.38. The molecule has 0 aliphatic heterocycles. The van der Waals surface area contributed by atoms with Crippen LogP contribution in [0.2, 0.25) is 0 Å². The summed E-state index contributed by atoms with van der Waals surface area (Å²) in [5, 5.41) is 17.4. The van der Waals surface area contributed by atoms with Gasteiger partial charge in [-0.15, -0.1) is 0 Å². The zero-order chi connectivity index (χ0) is 19.3. The number of rotatable bonds is 3. The first-order valence-electron chi connectivity index (χ1n) is 6.17. The highest BCUT2D eigenvalue weighted by atomic mass is 32.2. The molecule has 0 aliphatic rings. The average molecular weight is 378 g/mol. The van der Waals surface area contributed by atoms with Crippen LogP contribution in [0.3, 0.4) is 0 Å². The fourth-order valence-electron chi connectivity index (χ4n) is 1.44. The first kappa shape index (κ1) is 20.0. The normalized spacial score (nSPS) is 11.2. The zero-order valence-corrected chi connectivity index (χ0v) is 12.9. The molecule has 0 spiro atoms. The Labute approximate surface area is 138 Å². The minimum Gasteiger partial charge on any atom is -0.475 e. The Bertz CT molecular complexity index is 869. The second kappa shape index (κ2) is 7.70. The maximum Gasteiger partial charge on any atom is 0.490 e. The Morgan fingerprint density at radius 3 is 2.08 bits per heavy atom. The summed E-state index contributed by atoms with van der Waals surface area (Å²) in [5.74, 6) is -2.76. The lowest BCUT2D eigenvalue weighted by molar-refractivity contribution is -0.388. The van der Waals surface area contributed by atoms with Gasteiger partial charge in [-0.3, -0.25) is 10.1 Å². The average Bonchev–Trinajstić information content (AvgIpc) is 2.55. The van der Waals surface area contributed by atoms with Crippen molar-refractivity contribution < 1.29 is 36.4 Å². The number of pyridine rings is 1. The summed E-state index contributed by atoms with van der Waals surface area (Å²) in [6, 6.07) is 9.92. The van der Waals surface area contributed by atoms with Crippen molar-refractivity contribution in [3.05, 3.63) is 58.8 Å². The molecular weight excluding hydrogens is 369 g/mol. The van der Waals surface area contributed by atoms with Gasteiger partial charge in [0.15, 0.2) is 0 Å². The molecule has 0 unspecified atom stereocenters. The number of carbonyl (C=O) groups is 1. The molecule has 2 aromatic rings. The molecule has 1 heterocycles. The van der Waals surface area contributed by atoms with E-state index in [1.54, 1.807) is 18.2 Å². The minimum absolute atomic E-state index is 0.0215. The smallest absolute Gasteiger partial charge is 0.475 e. The van der Waals surface area contributed by atoms with Gasteiger partial charge in [0.25, 0.3) is 0 Å². The second-order valence-electron chi connectivity index (χ2n) is 4.20. The van der Waals surface area contributed by atoms with Crippen molar-refractivity contribution in [2.45, 2.75) is 16.1 Å². The minimum atomic E-state index is -5.08. The lowest BCUT2D eigenvalue weighted by Crippen LogP contribution is -2.21. The van der Waals surface area contributed by atoms with Crippen LogP contribution in [0, 0.1) is 10.1 Å². The number of nitro groups is 1. The number of carboxylic acid groups (broad SMARTS) is 1. The number of halogens is 3. The SMILES string of the molecule is O=C(O)C(F)(F)F.O=[N+]([O-])c1cccnc1S(=O)(=O)c1ccccc1. The predicted octanol–water partition coefficient (Wildman–Crippen LogP) is 2.46. The van der Waals surface area contributed by atoms with Gasteiger partial charge in [0.1, 0.15) is 0 Å². The summed E-state index contributed by atoms with van der Waals surface area (Å²) in [5.41, 5.74) is -0.527. The van der Waals surface area contributed by atoms with E-state index < -0.39 is 37.6 Å². The molecule has 1 aromatic heterocycles. The number of nitrogens with zero attached hydrogens (tertiary/aromatic N) is 2. The zero-order valence-electron chi connectivity index (χ0n) is 12.0. The molecule has 1 N–H and O–H groups in total. The van der Waals surface area contributed by atoms with Crippen molar-refractivity contribution in [2.24, 2.45) is 0 Å². The Hall–Kier alpha value is -3.02. The largest absolute Gasteiger partial charge is 0.490 e. The molecule has 0 saturated heterocycles. The number of sulfone groups is 1. The molecule has 2 rings (SSSR count). The monoisotopic (exact) mass is 378 g/mol. The van der Waals surface area contributed by atoms with Gasteiger partial charge in [-0.05, 0) is 18.2 Å². The van der Waals surface area contributed by atoms with E-state index >= 15 is 0 Å². The lowest BCUT2D eigenvalue weighted by Gasteiger charge is -2.03. The Kier molecular flexibility index (Phi) is 6.17. The quantitative estimate of drug-likeness (QED) is 0.642. The van der Waals surface area contributed by atoms with Crippen molar-refractivity contribution in [3.8, 4) is 0 Å². The van der Waals surface area contributed by atoms with Crippen molar-refractivity contribution in [1.29, 1.82) is 0 Å². The summed E-state index contributed by atoms with van der Waals surface area (Å²) < 4.78 is 56.1. The first-order chi connectivity index (χ1) is 11.5. The van der Waals surface area contributed by atoms with Gasteiger partial charge in [-0.1, -0.05) is 18.2 Å². The number of carboxylic acids is 1. The van der Waals surface area contributed by atoms with Crippen LogP contribution in [0.1, 0.15) is 0 Å². The highest BCUT2D eigenvalue weighted by molar-refractivity contribution is 7.91. The van der Waals surface area contributed by atoms with Crippen LogP contribution in [0.5, 0.6) is 0 Å². The molecule has 0 saturated carbocycles. The van der Waals surface area contributed by atoms with Gasteiger partial charge >= 0.3 is 17.8 Å². The van der Waals surface area contributed by atoms with Crippen LogP contribution in [0.25, 0.3) is 0 Å². The molecule has 0 bridgehead atoms. The van der Waals surface area contributed by atoms with E-state index in [9.17, 15) is 31.7 Å². The summed E-state index contributed by atoms with van der Waals surface area (Å²) in [4.78, 5) is 22.5. The molecule has 8 nitrogen and oxygen atoms in total. The number of aliphatic carboxylic acids is 1. The Morgan fingerprint density at radius 1 is 1.12 bits per heavy atom. The van der Waals surface area contributed by atoms with E-state index in [0.29, 0.717) is 0 Å². The van der Waals surface area contributed by atoms with Crippen LogP contribution in [-0.2, 0) is 14.6 Å². The molecule has 25 heavy (non-hydrogen) atoms. The Morgan fingerprint density at radius 2 is 1.64 bits per heavy atom. The molecule has 0 aliphatic carbocycles. The third-order valence-electron chi connectivity index (χ3n) is 2.50. The van der Waals surface area contributed by atoms with E-state index in [4.69, 9.17) is 9.90 Å². The molecule has 0 fully saturated rings. The standard InChI is InChI=1S/C11H8N2O4S.C2HF3O2/c14-13(15)10-7-4-8-12-11(10)18(16,17)9-5-2-1-3-6-9;3-2(4,5)1(6)7/h1-8H;(H,6,7). The summed E-state index contributed by atoms with van der Waals surface area (Å²) in [6.45, 7) is 0. The van der Waals surface area contributed by atoms with E-state index in [-0.39, 0.29) is 4.90 Å². The van der Waals surface area contributed by atoms with Gasteiger partial charge < -0.3 is 5.11 Å². The first-order valence-corrected chi connectivity index (χ1v) is 7.66. The van der Waals surface area contributed by atoms with Crippen molar-refractivity contribution in [2.75, 3.05) is 0 Å². The second-order valence-corrected chi connectivity index (χ2v) is 6.07. The third kappa shape index (κ3) is 5.24. The summed E-state index contributed by atoms with van der Waals surface area (Å²) in [7, 11) is -3.97. The highest BCUT2D eigenvalue weighted by Crippen LogP contribution is 2.26. The topological polar surface area (TPSA) is 127 Å². The van der Waals surface area contributed by atoms with Crippen LogP contribution < -0.4 is 0 Å². The van der Waals surface area contributed by atoms with Gasteiger partial charge in [0.2, 0.25) is 14.9 Å². The maximum absolute atomic E-state index is 12.2. The van der Waals surface area contributed by atoms with Crippen molar-refractivity contribution in [1.82, 2.24) is 4.98 Å². The van der Waals surface area contributed by atoms with Crippen LogP contribution in [0.4, 0.5) is 18.9 Å². The molecule has 0 amide bonds. The third-order valence-corrected chi connectivity index (χ3v) is 4.21. The number of aromatic nitrogens is 1. The van der Waals surface area contributed by atoms with Crippen LogP contribution in [-0.4, -0.2) is 35.6 Å². The van der Waals surface area contributed by atoms with E-state index in [2.05, 4.69) is 4.98 Å². The van der Waals surface area contributed by atoms with E-state index in [1.165, 1.54) is 24.4 Å². The fraction of sp³-hybridized carbons (Fsp3) is 0.0769. The van der Waals surface area contributed by atoms with Crippen molar-refractivity contribution >= 4 is 21.5 Å². The van der Waals surface area contributed by atoms with Crippen LogP contribution in [0.15, 0.2) is 58.6 Å². The molecular formula is C13H9F3N2O6S. The number of hydrogen-bond donors (Lipinski definition) is 1. The fourth-order valence-corrected chi connectivity index (χ4v) is 2.80. The maximum atomic E-state index is 12.2. The van der Waals surface area contributed by atoms with Gasteiger partial charge in [-0.2, -0.15) is 13.2 Å². The van der Waals surface area contributed by atoms with Gasteiger partial charge in [0, 0.05) is 12.3 Å². The van der Waals surface area contributed by atoms with E-state index in [0.717, 1.165) is 6.07 Å². The summed E-state index contributed by atoms with van der Waals surface area (Å²) >= 11 is 0.